The van der Waals surface area contributed by atoms with Crippen LogP contribution >= 0.6 is 0 Å². The van der Waals surface area contributed by atoms with Gasteiger partial charge in [-0.15, -0.1) is 0 Å². The van der Waals surface area contributed by atoms with Gasteiger partial charge in [0, 0.05) is 6.07 Å². The molecule has 1 aromatic rings. The number of hydrogen-bond donors (Lipinski definition) is 0. The van der Waals surface area contributed by atoms with Crippen LogP contribution in [-0.2, 0) is 4.74 Å². The first-order chi connectivity index (χ1) is 5.77. The molecule has 1 atom stereocenters. The number of ether oxygens (including phenoxy) is 1. The van der Waals surface area contributed by atoms with Gasteiger partial charge in [0.15, 0.2) is 0 Å². The summed E-state index contributed by atoms with van der Waals surface area (Å²) in [5.41, 5.74) is 0.778. The van der Waals surface area contributed by atoms with Crippen molar-refractivity contribution in [2.24, 2.45) is 0 Å². The maximum Gasteiger partial charge on any atom is 0.287 e. The summed E-state index contributed by atoms with van der Waals surface area (Å²) in [4.78, 5) is 13.7. The smallest absolute Gasteiger partial charge is 0.287 e. The number of epoxide rings is 1. The molecule has 0 aliphatic carbocycles. The molecule has 1 aromatic heterocycles. The summed E-state index contributed by atoms with van der Waals surface area (Å²) in [7, 11) is 0. The average Bonchev–Trinajstić information content (AvgIpc) is 2.87. The summed E-state index contributed by atoms with van der Waals surface area (Å²) in [6.07, 6.45) is 1.31. The highest BCUT2D eigenvalue weighted by atomic mass is 16.6. The Morgan fingerprint density at radius 1 is 1.67 bits per heavy atom. The van der Waals surface area contributed by atoms with Crippen molar-refractivity contribution in [1.82, 2.24) is 4.98 Å². The van der Waals surface area contributed by atoms with Crippen molar-refractivity contribution in [2.75, 3.05) is 6.61 Å². The van der Waals surface area contributed by atoms with Crippen LogP contribution in [0.5, 0.6) is 0 Å². The fraction of sp³-hybridized carbons (Fsp3) is 0.286. The Bertz CT molecular complexity index is 305. The van der Waals surface area contributed by atoms with Gasteiger partial charge in [-0.25, -0.2) is 0 Å². The van der Waals surface area contributed by atoms with E-state index in [0.29, 0.717) is 6.61 Å². The first-order valence-electron chi connectivity index (χ1n) is 3.49. The summed E-state index contributed by atoms with van der Waals surface area (Å²) >= 11 is 0. The second-order valence-corrected chi connectivity index (χ2v) is 2.52. The highest BCUT2D eigenvalue weighted by molar-refractivity contribution is 5.28. The molecule has 0 saturated carbocycles. The van der Waals surface area contributed by atoms with Crippen molar-refractivity contribution in [1.29, 1.82) is 0 Å². The number of nitrogens with zero attached hydrogens (tertiary/aromatic N) is 2. The third-order valence-electron chi connectivity index (χ3n) is 1.64. The van der Waals surface area contributed by atoms with E-state index in [4.69, 9.17) is 4.74 Å². The predicted octanol–water partition coefficient (Wildman–Crippen LogP) is 1.06. The minimum Gasteiger partial charge on any atom is -0.366 e. The van der Waals surface area contributed by atoms with Crippen molar-refractivity contribution >= 4 is 5.69 Å². The lowest BCUT2D eigenvalue weighted by Crippen LogP contribution is -1.91. The zero-order chi connectivity index (χ0) is 8.55. The second kappa shape index (κ2) is 2.53. The van der Waals surface area contributed by atoms with E-state index in [2.05, 4.69) is 4.98 Å². The molecule has 12 heavy (non-hydrogen) atoms. The van der Waals surface area contributed by atoms with Crippen LogP contribution in [0.1, 0.15) is 11.8 Å². The molecule has 62 valence electrons. The normalized spacial score (nSPS) is 20.5. The van der Waals surface area contributed by atoms with Gasteiger partial charge in [0.1, 0.15) is 12.3 Å². The summed E-state index contributed by atoms with van der Waals surface area (Å²) in [6, 6.07) is 3.06. The molecule has 2 rings (SSSR count). The first kappa shape index (κ1) is 7.17. The Kier molecular flexibility index (Phi) is 1.51. The maximum atomic E-state index is 10.2. The van der Waals surface area contributed by atoms with Crippen LogP contribution in [0.4, 0.5) is 5.69 Å². The van der Waals surface area contributed by atoms with E-state index in [0.717, 1.165) is 5.69 Å². The van der Waals surface area contributed by atoms with Crippen molar-refractivity contribution in [3.8, 4) is 0 Å². The lowest BCUT2D eigenvalue weighted by Gasteiger charge is -1.92. The molecule has 1 fully saturated rings. The van der Waals surface area contributed by atoms with E-state index in [9.17, 15) is 10.1 Å². The molecule has 5 heteroatoms. The van der Waals surface area contributed by atoms with E-state index in [1.165, 1.54) is 12.3 Å². The van der Waals surface area contributed by atoms with Gasteiger partial charge >= 0.3 is 0 Å². The zero-order valence-electron chi connectivity index (χ0n) is 6.14. The average molecular weight is 166 g/mol. The summed E-state index contributed by atoms with van der Waals surface area (Å²) in [6.45, 7) is 0.671. The maximum absolute atomic E-state index is 10.2. The SMILES string of the molecule is O=[N+]([O-])c1ccc([C@H]2CO2)nc1. The number of pyridine rings is 1. The minimum atomic E-state index is -0.468. The zero-order valence-corrected chi connectivity index (χ0v) is 6.14. The van der Waals surface area contributed by atoms with Gasteiger partial charge in [-0.2, -0.15) is 0 Å². The van der Waals surface area contributed by atoms with Gasteiger partial charge in [0.05, 0.1) is 17.2 Å². The van der Waals surface area contributed by atoms with Crippen LogP contribution in [-0.4, -0.2) is 16.5 Å². The van der Waals surface area contributed by atoms with Gasteiger partial charge in [0.25, 0.3) is 5.69 Å². The van der Waals surface area contributed by atoms with Crippen molar-refractivity contribution in [2.45, 2.75) is 6.10 Å². The number of nitro groups is 1. The predicted molar refractivity (Wildman–Crippen MR) is 39.6 cm³/mol. The molecule has 0 aromatic carbocycles. The Balaban J connectivity index is 2.24. The molecular weight excluding hydrogens is 160 g/mol. The highest BCUT2D eigenvalue weighted by Crippen LogP contribution is 2.28. The van der Waals surface area contributed by atoms with E-state index in [1.54, 1.807) is 6.07 Å². The number of hydrogen-bond acceptors (Lipinski definition) is 4. The fourth-order valence-corrected chi connectivity index (χ4v) is 0.915. The molecule has 1 aliphatic rings. The summed E-state index contributed by atoms with van der Waals surface area (Å²) in [5.74, 6) is 0. The fourth-order valence-electron chi connectivity index (χ4n) is 0.915. The van der Waals surface area contributed by atoms with Crippen LogP contribution in [0.15, 0.2) is 18.3 Å². The molecule has 1 saturated heterocycles. The Morgan fingerprint density at radius 3 is 2.83 bits per heavy atom. The number of aromatic nitrogens is 1. The molecule has 0 unspecified atom stereocenters. The lowest BCUT2D eigenvalue weighted by atomic mass is 10.3. The molecule has 0 bridgehead atoms. The Morgan fingerprint density at radius 2 is 2.42 bits per heavy atom. The molecule has 0 spiro atoms. The quantitative estimate of drug-likeness (QED) is 0.374. The van der Waals surface area contributed by atoms with Crippen LogP contribution in [0.2, 0.25) is 0 Å². The van der Waals surface area contributed by atoms with Crippen LogP contribution in [0, 0.1) is 10.1 Å². The molecule has 1 aliphatic heterocycles. The van der Waals surface area contributed by atoms with E-state index in [-0.39, 0.29) is 11.8 Å². The third-order valence-corrected chi connectivity index (χ3v) is 1.64. The van der Waals surface area contributed by atoms with Crippen molar-refractivity contribution in [3.63, 3.8) is 0 Å². The first-order valence-corrected chi connectivity index (χ1v) is 3.49. The van der Waals surface area contributed by atoms with Gasteiger partial charge in [-0.05, 0) is 6.07 Å². The van der Waals surface area contributed by atoms with Gasteiger partial charge in [-0.1, -0.05) is 0 Å². The van der Waals surface area contributed by atoms with Gasteiger partial charge in [0.2, 0.25) is 0 Å². The van der Waals surface area contributed by atoms with E-state index >= 15 is 0 Å². The highest BCUT2D eigenvalue weighted by Gasteiger charge is 2.26. The summed E-state index contributed by atoms with van der Waals surface area (Å²) < 4.78 is 4.96. The standard InChI is InChI=1S/C7H6N2O3/c10-9(11)5-1-2-6(8-3-5)7-4-12-7/h1-3,7H,4H2/t7-/m1/s1. The Hall–Kier alpha value is -1.49. The molecule has 0 amide bonds. The van der Waals surface area contributed by atoms with Crippen molar-refractivity contribution in [3.05, 3.63) is 34.1 Å². The molecule has 2 heterocycles. The molecule has 5 nitrogen and oxygen atoms in total. The van der Waals surface area contributed by atoms with E-state index in [1.807, 2.05) is 0 Å². The third kappa shape index (κ3) is 1.26. The largest absolute Gasteiger partial charge is 0.366 e. The Labute approximate surface area is 68.1 Å². The monoisotopic (exact) mass is 166 g/mol. The van der Waals surface area contributed by atoms with Gasteiger partial charge in [-0.3, -0.25) is 15.1 Å². The summed E-state index contributed by atoms with van der Waals surface area (Å²) in [5, 5.41) is 10.2. The van der Waals surface area contributed by atoms with Crippen molar-refractivity contribution < 1.29 is 9.66 Å². The van der Waals surface area contributed by atoms with Crippen LogP contribution in [0.25, 0.3) is 0 Å². The topological polar surface area (TPSA) is 68.6 Å². The molecular formula is C7H6N2O3. The number of rotatable bonds is 2. The second-order valence-electron chi connectivity index (χ2n) is 2.52. The minimum absolute atomic E-state index is 0.0133. The lowest BCUT2D eigenvalue weighted by molar-refractivity contribution is -0.385. The molecule has 0 N–H and O–H groups in total. The van der Waals surface area contributed by atoms with E-state index < -0.39 is 4.92 Å². The van der Waals surface area contributed by atoms with Crippen LogP contribution < -0.4 is 0 Å². The van der Waals surface area contributed by atoms with Crippen LogP contribution in [0.3, 0.4) is 0 Å². The van der Waals surface area contributed by atoms with Gasteiger partial charge < -0.3 is 4.74 Å². The molecule has 0 radical (unpaired) electrons.